The van der Waals surface area contributed by atoms with E-state index in [-0.39, 0.29) is 28.7 Å². The number of nitrogens with zero attached hydrogens (tertiary/aromatic N) is 1. The van der Waals surface area contributed by atoms with E-state index in [2.05, 4.69) is 4.72 Å². The Kier molecular flexibility index (Phi) is 5.49. The van der Waals surface area contributed by atoms with Crippen molar-refractivity contribution >= 4 is 21.6 Å². The molecule has 0 bridgehead atoms. The van der Waals surface area contributed by atoms with E-state index in [1.165, 1.54) is 0 Å². The molecule has 1 aliphatic heterocycles. The lowest BCUT2D eigenvalue weighted by Gasteiger charge is -2.32. The van der Waals surface area contributed by atoms with Gasteiger partial charge in [0, 0.05) is 24.2 Å². The predicted octanol–water partition coefficient (Wildman–Crippen LogP) is 3.85. The quantitative estimate of drug-likeness (QED) is 0.784. The van der Waals surface area contributed by atoms with Crippen LogP contribution in [0.1, 0.15) is 50.2 Å². The van der Waals surface area contributed by atoms with E-state index in [1.807, 2.05) is 49.1 Å². The number of hydrogen-bond donors (Lipinski definition) is 1. The maximum atomic E-state index is 12.8. The fourth-order valence-corrected chi connectivity index (χ4v) is 5.36. The Bertz CT molecular complexity index is 1000. The third kappa shape index (κ3) is 3.96. The molecular formula is C23H28N2O3S. The molecule has 0 aromatic heterocycles. The predicted molar refractivity (Wildman–Crippen MR) is 114 cm³/mol. The number of benzene rings is 2. The van der Waals surface area contributed by atoms with Gasteiger partial charge in [0.05, 0.1) is 4.90 Å². The van der Waals surface area contributed by atoms with Gasteiger partial charge in [0.1, 0.15) is 0 Å². The molecule has 2 atom stereocenters. The van der Waals surface area contributed by atoms with Gasteiger partial charge < -0.3 is 4.90 Å². The number of amides is 1. The summed E-state index contributed by atoms with van der Waals surface area (Å²) in [5.41, 5.74) is 2.90. The van der Waals surface area contributed by atoms with E-state index in [4.69, 9.17) is 0 Å². The first-order valence-corrected chi connectivity index (χ1v) is 11.9. The molecule has 1 amide bonds. The van der Waals surface area contributed by atoms with Crippen LogP contribution in [-0.4, -0.2) is 26.9 Å². The Labute approximate surface area is 173 Å². The number of nitrogens with one attached hydrogen (secondary N) is 1. The third-order valence-corrected chi connectivity index (χ3v) is 7.64. The minimum absolute atomic E-state index is 0.0714. The van der Waals surface area contributed by atoms with Crippen LogP contribution in [0.4, 0.5) is 5.69 Å². The number of fused-ring (bicyclic) bond motifs is 1. The molecule has 6 heteroatoms. The number of rotatable bonds is 6. The van der Waals surface area contributed by atoms with Crippen LogP contribution in [0.5, 0.6) is 0 Å². The van der Waals surface area contributed by atoms with Crippen molar-refractivity contribution in [3.05, 3.63) is 59.7 Å². The highest BCUT2D eigenvalue weighted by Crippen LogP contribution is 2.38. The highest BCUT2D eigenvalue weighted by Gasteiger charge is 2.37. The van der Waals surface area contributed by atoms with Crippen molar-refractivity contribution in [2.24, 2.45) is 5.92 Å². The summed E-state index contributed by atoms with van der Waals surface area (Å²) in [5.74, 6) is 0.400. The summed E-state index contributed by atoms with van der Waals surface area (Å²) in [7, 11) is -3.60. The molecule has 1 heterocycles. The summed E-state index contributed by atoms with van der Waals surface area (Å²) in [6, 6.07) is 15.1. The molecule has 0 radical (unpaired) electrons. The van der Waals surface area contributed by atoms with Crippen molar-refractivity contribution in [1.82, 2.24) is 4.72 Å². The van der Waals surface area contributed by atoms with Crippen LogP contribution in [-0.2, 0) is 21.2 Å². The average molecular weight is 413 g/mol. The number of carbonyl (C=O) groups is 1. The standard InChI is InChI=1S/C23H28N2O3S/c1-16(18-7-4-3-5-8-18)15-24-29(27,28)21-11-12-22-20(14-21)13-17(2)25(22)23(26)19-9-6-10-19/h3-5,7-8,11-12,14,16-17,19,24H,6,9-10,13,15H2,1-2H3/t16-,17+/m0/s1. The molecule has 0 saturated heterocycles. The molecule has 29 heavy (non-hydrogen) atoms. The average Bonchev–Trinajstić information content (AvgIpc) is 3.00. The molecule has 1 saturated carbocycles. The summed E-state index contributed by atoms with van der Waals surface area (Å²) in [5, 5.41) is 0. The van der Waals surface area contributed by atoms with Gasteiger partial charge in [0.25, 0.3) is 0 Å². The van der Waals surface area contributed by atoms with Gasteiger partial charge in [0.2, 0.25) is 15.9 Å². The van der Waals surface area contributed by atoms with E-state index >= 15 is 0 Å². The summed E-state index contributed by atoms with van der Waals surface area (Å²) in [6.07, 6.45) is 3.74. The van der Waals surface area contributed by atoms with Crippen molar-refractivity contribution in [2.45, 2.75) is 56.4 Å². The third-order valence-electron chi connectivity index (χ3n) is 6.22. The van der Waals surface area contributed by atoms with Gasteiger partial charge in [-0.15, -0.1) is 0 Å². The largest absolute Gasteiger partial charge is 0.309 e. The van der Waals surface area contributed by atoms with E-state index in [1.54, 1.807) is 18.2 Å². The van der Waals surface area contributed by atoms with Crippen molar-refractivity contribution in [3.8, 4) is 0 Å². The van der Waals surface area contributed by atoms with E-state index < -0.39 is 10.0 Å². The van der Waals surface area contributed by atoms with E-state index in [9.17, 15) is 13.2 Å². The highest BCUT2D eigenvalue weighted by atomic mass is 32.2. The Morgan fingerprint density at radius 3 is 2.55 bits per heavy atom. The Morgan fingerprint density at radius 1 is 1.17 bits per heavy atom. The molecular weight excluding hydrogens is 384 g/mol. The van der Waals surface area contributed by atoms with E-state index in [0.29, 0.717) is 13.0 Å². The number of hydrogen-bond acceptors (Lipinski definition) is 3. The first-order chi connectivity index (χ1) is 13.9. The van der Waals surface area contributed by atoms with E-state index in [0.717, 1.165) is 36.1 Å². The lowest BCUT2D eigenvalue weighted by molar-refractivity contribution is -0.125. The van der Waals surface area contributed by atoms with Crippen LogP contribution in [0.3, 0.4) is 0 Å². The molecule has 1 N–H and O–H groups in total. The van der Waals surface area contributed by atoms with Crippen LogP contribution in [0.2, 0.25) is 0 Å². The fourth-order valence-electron chi connectivity index (χ4n) is 4.18. The molecule has 2 aromatic carbocycles. The van der Waals surface area contributed by atoms with Gasteiger partial charge in [0.15, 0.2) is 0 Å². The minimum Gasteiger partial charge on any atom is -0.309 e. The zero-order valence-corrected chi connectivity index (χ0v) is 17.8. The van der Waals surface area contributed by atoms with Gasteiger partial charge in [-0.25, -0.2) is 13.1 Å². The van der Waals surface area contributed by atoms with Crippen LogP contribution in [0, 0.1) is 5.92 Å². The van der Waals surface area contributed by atoms with Gasteiger partial charge in [-0.3, -0.25) is 4.79 Å². The second-order valence-corrected chi connectivity index (χ2v) is 10.1. The minimum atomic E-state index is -3.60. The van der Waals surface area contributed by atoms with Crippen molar-refractivity contribution < 1.29 is 13.2 Å². The fraction of sp³-hybridized carbons (Fsp3) is 0.435. The van der Waals surface area contributed by atoms with Crippen molar-refractivity contribution in [1.29, 1.82) is 0 Å². The Morgan fingerprint density at radius 2 is 1.90 bits per heavy atom. The van der Waals surface area contributed by atoms with Gasteiger partial charge in [-0.05, 0) is 61.4 Å². The Balaban J connectivity index is 1.49. The summed E-state index contributed by atoms with van der Waals surface area (Å²) >= 11 is 0. The highest BCUT2D eigenvalue weighted by molar-refractivity contribution is 7.89. The zero-order valence-electron chi connectivity index (χ0n) is 17.0. The van der Waals surface area contributed by atoms with Gasteiger partial charge in [-0.1, -0.05) is 43.7 Å². The second kappa shape index (κ2) is 7.92. The normalized spacial score (nSPS) is 20.2. The van der Waals surface area contributed by atoms with Gasteiger partial charge in [-0.2, -0.15) is 0 Å². The molecule has 1 aliphatic carbocycles. The summed E-state index contributed by atoms with van der Waals surface area (Å²) < 4.78 is 28.4. The molecule has 4 rings (SSSR count). The van der Waals surface area contributed by atoms with Crippen LogP contribution in [0.25, 0.3) is 0 Å². The molecule has 0 spiro atoms. The molecule has 1 fully saturated rings. The van der Waals surface area contributed by atoms with Gasteiger partial charge >= 0.3 is 0 Å². The zero-order chi connectivity index (χ0) is 20.6. The first-order valence-electron chi connectivity index (χ1n) is 10.4. The van der Waals surface area contributed by atoms with Crippen LogP contribution in [0.15, 0.2) is 53.4 Å². The maximum Gasteiger partial charge on any atom is 0.240 e. The number of carbonyl (C=O) groups excluding carboxylic acids is 1. The first kappa shape index (κ1) is 20.1. The molecule has 2 aliphatic rings. The summed E-state index contributed by atoms with van der Waals surface area (Å²) in [4.78, 5) is 14.9. The molecule has 154 valence electrons. The SMILES string of the molecule is C[C@@H]1Cc2cc(S(=O)(=O)NC[C@H](C)c3ccccc3)ccc2N1C(=O)C1CCC1. The smallest absolute Gasteiger partial charge is 0.240 e. The molecule has 0 unspecified atom stereocenters. The number of sulfonamides is 1. The summed E-state index contributed by atoms with van der Waals surface area (Å²) in [6.45, 7) is 4.38. The second-order valence-electron chi connectivity index (χ2n) is 8.34. The lowest BCUT2D eigenvalue weighted by atomic mass is 9.84. The van der Waals surface area contributed by atoms with Crippen LogP contribution < -0.4 is 9.62 Å². The topological polar surface area (TPSA) is 66.5 Å². The number of anilines is 1. The lowest BCUT2D eigenvalue weighted by Crippen LogP contribution is -2.42. The van der Waals surface area contributed by atoms with Crippen molar-refractivity contribution in [3.63, 3.8) is 0 Å². The molecule has 2 aromatic rings. The van der Waals surface area contributed by atoms with Crippen molar-refractivity contribution in [2.75, 3.05) is 11.4 Å². The maximum absolute atomic E-state index is 12.8. The Hall–Kier alpha value is -2.18. The monoisotopic (exact) mass is 412 g/mol. The van der Waals surface area contributed by atoms with Crippen LogP contribution >= 0.6 is 0 Å². The molecule has 5 nitrogen and oxygen atoms in total.